The average molecular weight is 511 g/mol. The van der Waals surface area contributed by atoms with E-state index in [9.17, 15) is 27.9 Å². The van der Waals surface area contributed by atoms with Crippen LogP contribution in [0.4, 0.5) is 13.2 Å². The minimum atomic E-state index is -1.96. The average Bonchev–Trinajstić information content (AvgIpc) is 3.24. The van der Waals surface area contributed by atoms with Crippen LogP contribution in [0, 0.1) is 17.5 Å². The van der Waals surface area contributed by atoms with Crippen molar-refractivity contribution in [1.82, 2.24) is 24.7 Å². The lowest BCUT2D eigenvalue weighted by Gasteiger charge is -2.34. The van der Waals surface area contributed by atoms with Crippen molar-refractivity contribution in [2.24, 2.45) is 0 Å². The molecule has 3 rings (SSSR count). The third-order valence-electron chi connectivity index (χ3n) is 5.15. The molecule has 2 aromatic heterocycles. The first kappa shape index (κ1) is 28.3. The summed E-state index contributed by atoms with van der Waals surface area (Å²) in [5, 5.41) is 40.7. The van der Waals surface area contributed by atoms with Gasteiger partial charge in [-0.05, 0) is 13.0 Å². The van der Waals surface area contributed by atoms with Gasteiger partial charge in [0.2, 0.25) is 0 Å². The molecular weight excluding hydrogens is 487 g/mol. The van der Waals surface area contributed by atoms with Crippen LogP contribution in [-0.2, 0) is 21.7 Å². The standard InChI is InChI=1S/C16H14F3N5O.C6H10O5/c1-10(15-14(19)5-20-7-22-15)16(25,6-24-9-21-8-23-24)12-3-2-11(17)4-13(12)18;1-6(11,2-4(7)8)3-5(9)10/h2-5,7-10,25H,6H2,1H3;11H,2-3H2,1H3,(H,7,8)(H,9,10)/t10-,16+;/m0./s1. The van der Waals surface area contributed by atoms with Gasteiger partial charge in [0.15, 0.2) is 5.82 Å². The van der Waals surface area contributed by atoms with E-state index in [0.29, 0.717) is 6.07 Å². The first-order valence-corrected chi connectivity index (χ1v) is 10.4. The van der Waals surface area contributed by atoms with E-state index in [2.05, 4.69) is 20.1 Å². The number of benzene rings is 1. The first-order valence-electron chi connectivity index (χ1n) is 10.4. The number of aliphatic hydroxyl groups is 2. The van der Waals surface area contributed by atoms with Crippen LogP contribution in [0.2, 0.25) is 0 Å². The lowest BCUT2D eigenvalue weighted by atomic mass is 9.79. The van der Waals surface area contributed by atoms with Gasteiger partial charge in [-0.25, -0.2) is 32.8 Å². The van der Waals surface area contributed by atoms with Gasteiger partial charge >= 0.3 is 11.9 Å². The van der Waals surface area contributed by atoms with E-state index in [-0.39, 0.29) is 17.8 Å². The molecule has 0 unspecified atom stereocenters. The molecule has 0 aliphatic heterocycles. The van der Waals surface area contributed by atoms with Crippen molar-refractivity contribution in [3.63, 3.8) is 0 Å². The van der Waals surface area contributed by atoms with Crippen LogP contribution in [0.25, 0.3) is 0 Å². The normalized spacial score (nSPS) is 13.8. The molecule has 4 N–H and O–H groups in total. The summed E-state index contributed by atoms with van der Waals surface area (Å²) in [6.07, 6.45) is 3.55. The molecule has 0 aliphatic carbocycles. The number of carbonyl (C=O) groups is 2. The van der Waals surface area contributed by atoms with Gasteiger partial charge in [0.1, 0.15) is 36.2 Å². The summed E-state index contributed by atoms with van der Waals surface area (Å²) in [5.74, 6) is -5.89. The highest BCUT2D eigenvalue weighted by atomic mass is 19.1. The largest absolute Gasteiger partial charge is 0.481 e. The Morgan fingerprint density at radius 3 is 2.17 bits per heavy atom. The number of hydrogen-bond acceptors (Lipinski definition) is 8. The van der Waals surface area contributed by atoms with Crippen molar-refractivity contribution in [3.05, 3.63) is 72.1 Å². The Morgan fingerprint density at radius 2 is 1.67 bits per heavy atom. The number of hydrogen-bond donors (Lipinski definition) is 4. The van der Waals surface area contributed by atoms with E-state index in [0.717, 1.165) is 24.7 Å². The third kappa shape index (κ3) is 7.55. The van der Waals surface area contributed by atoms with E-state index in [4.69, 9.17) is 15.3 Å². The number of nitrogens with zero attached hydrogens (tertiary/aromatic N) is 5. The van der Waals surface area contributed by atoms with Gasteiger partial charge in [-0.3, -0.25) is 9.59 Å². The lowest BCUT2D eigenvalue weighted by Crippen LogP contribution is -2.39. The molecule has 14 heteroatoms. The Bertz CT molecular complexity index is 1180. The van der Waals surface area contributed by atoms with Crippen molar-refractivity contribution in [1.29, 1.82) is 0 Å². The van der Waals surface area contributed by atoms with Crippen molar-refractivity contribution < 1.29 is 43.2 Å². The minimum absolute atomic E-state index is 0.0960. The second kappa shape index (κ2) is 11.7. The molecule has 0 saturated heterocycles. The monoisotopic (exact) mass is 511 g/mol. The molecule has 194 valence electrons. The Balaban J connectivity index is 0.000000352. The molecule has 0 saturated carbocycles. The molecule has 0 spiro atoms. The van der Waals surface area contributed by atoms with Crippen molar-refractivity contribution in [2.75, 3.05) is 0 Å². The third-order valence-corrected chi connectivity index (χ3v) is 5.15. The number of halogens is 3. The number of carboxylic acid groups (broad SMARTS) is 2. The van der Waals surface area contributed by atoms with Gasteiger partial charge in [-0.1, -0.05) is 13.0 Å². The molecule has 3 aromatic rings. The van der Waals surface area contributed by atoms with E-state index in [1.54, 1.807) is 0 Å². The zero-order chi connectivity index (χ0) is 27.1. The molecule has 0 amide bonds. The highest BCUT2D eigenvalue weighted by Crippen LogP contribution is 2.39. The Hall–Kier alpha value is -3.91. The van der Waals surface area contributed by atoms with Crippen LogP contribution in [0.5, 0.6) is 0 Å². The summed E-state index contributed by atoms with van der Waals surface area (Å²) in [7, 11) is 0. The highest BCUT2D eigenvalue weighted by Gasteiger charge is 2.41. The number of aliphatic carboxylic acids is 2. The minimum Gasteiger partial charge on any atom is -0.481 e. The molecule has 0 fully saturated rings. The van der Waals surface area contributed by atoms with E-state index in [1.807, 2.05) is 0 Å². The maximum Gasteiger partial charge on any atom is 0.306 e. The van der Waals surface area contributed by atoms with Gasteiger partial charge in [0.05, 0.1) is 36.9 Å². The van der Waals surface area contributed by atoms with E-state index < -0.39 is 59.4 Å². The van der Waals surface area contributed by atoms with E-state index >= 15 is 0 Å². The van der Waals surface area contributed by atoms with Crippen LogP contribution in [0.15, 0.2) is 43.4 Å². The molecule has 2 heterocycles. The summed E-state index contributed by atoms with van der Waals surface area (Å²) in [6.45, 7) is 2.43. The molecular formula is C22H24F3N5O6. The quantitative estimate of drug-likeness (QED) is 0.332. The molecule has 0 bridgehead atoms. The van der Waals surface area contributed by atoms with Crippen LogP contribution >= 0.6 is 0 Å². The molecule has 0 radical (unpaired) electrons. The first-order chi connectivity index (χ1) is 16.7. The van der Waals surface area contributed by atoms with Gasteiger partial charge in [0.25, 0.3) is 0 Å². The Morgan fingerprint density at radius 1 is 1.03 bits per heavy atom. The summed E-state index contributed by atoms with van der Waals surface area (Å²) < 4.78 is 43.0. The molecule has 11 nitrogen and oxygen atoms in total. The maximum absolute atomic E-state index is 14.4. The van der Waals surface area contributed by atoms with Gasteiger partial charge in [-0.15, -0.1) is 0 Å². The summed E-state index contributed by atoms with van der Waals surface area (Å²) in [4.78, 5) is 31.3. The fourth-order valence-corrected chi connectivity index (χ4v) is 3.44. The van der Waals surface area contributed by atoms with Crippen molar-refractivity contribution in [3.8, 4) is 0 Å². The molecule has 36 heavy (non-hydrogen) atoms. The van der Waals surface area contributed by atoms with Crippen LogP contribution in [0.1, 0.15) is 43.9 Å². The molecule has 2 atom stereocenters. The smallest absolute Gasteiger partial charge is 0.306 e. The molecule has 1 aromatic carbocycles. The predicted octanol–water partition coefficient (Wildman–Crippen LogP) is 1.86. The van der Waals surface area contributed by atoms with Crippen LogP contribution in [-0.4, -0.2) is 62.7 Å². The number of rotatable bonds is 9. The summed E-state index contributed by atoms with van der Waals surface area (Å²) >= 11 is 0. The zero-order valence-electron chi connectivity index (χ0n) is 19.2. The number of carboxylic acids is 2. The topological polar surface area (TPSA) is 172 Å². The Kier molecular flexibility index (Phi) is 9.19. The molecule has 0 aliphatic rings. The van der Waals surface area contributed by atoms with Gasteiger partial charge < -0.3 is 20.4 Å². The predicted molar refractivity (Wildman–Crippen MR) is 116 cm³/mol. The SMILES string of the molecule is CC(O)(CC(=O)O)CC(=O)O.C[C@@H](c1ncncc1F)[C@](O)(Cn1cncn1)c1ccc(F)cc1F. The van der Waals surface area contributed by atoms with Crippen molar-refractivity contribution >= 4 is 11.9 Å². The fraction of sp³-hybridized carbons (Fsp3) is 0.364. The van der Waals surface area contributed by atoms with Gasteiger partial charge in [0, 0.05) is 17.5 Å². The van der Waals surface area contributed by atoms with Crippen LogP contribution in [0.3, 0.4) is 0 Å². The van der Waals surface area contributed by atoms with Crippen molar-refractivity contribution in [2.45, 2.75) is 50.4 Å². The number of aromatic nitrogens is 5. The second-order valence-electron chi connectivity index (χ2n) is 8.26. The summed E-state index contributed by atoms with van der Waals surface area (Å²) in [6, 6.07) is 2.80. The van der Waals surface area contributed by atoms with E-state index in [1.165, 1.54) is 31.2 Å². The summed E-state index contributed by atoms with van der Waals surface area (Å²) in [5.41, 5.74) is -3.91. The zero-order valence-corrected chi connectivity index (χ0v) is 19.2. The maximum atomic E-state index is 14.4. The fourth-order valence-electron chi connectivity index (χ4n) is 3.44. The Labute approximate surface area is 202 Å². The van der Waals surface area contributed by atoms with Gasteiger partial charge in [-0.2, -0.15) is 5.10 Å². The highest BCUT2D eigenvalue weighted by molar-refractivity contribution is 5.72. The lowest BCUT2D eigenvalue weighted by molar-refractivity contribution is -0.147. The van der Waals surface area contributed by atoms with Crippen LogP contribution < -0.4 is 0 Å². The second-order valence-corrected chi connectivity index (χ2v) is 8.26.